The molecule has 1 saturated heterocycles. The molecule has 2 atom stereocenters. The van der Waals surface area contributed by atoms with Crippen LogP contribution >= 0.6 is 0 Å². The highest BCUT2D eigenvalue weighted by atomic mass is 32.2. The van der Waals surface area contributed by atoms with Gasteiger partial charge in [0.15, 0.2) is 5.03 Å². The molecule has 9 nitrogen and oxygen atoms in total. The maximum Gasteiger partial charge on any atom is 0.281 e. The summed E-state index contributed by atoms with van der Waals surface area (Å²) in [6.45, 7) is 8.43. The molecule has 1 N–H and O–H groups in total. The predicted molar refractivity (Wildman–Crippen MR) is 146 cm³/mol. The van der Waals surface area contributed by atoms with Gasteiger partial charge < -0.3 is 14.4 Å². The van der Waals surface area contributed by atoms with E-state index >= 15 is 0 Å². The van der Waals surface area contributed by atoms with Crippen molar-refractivity contribution < 1.29 is 27.1 Å². The Hall–Kier alpha value is -3.73. The molecule has 1 amide bonds. The van der Waals surface area contributed by atoms with Gasteiger partial charge in [0.2, 0.25) is 0 Å². The SMILES string of the molecule is COc1cc(-c2cc(F)cc(OCC(C)C)c2)nc(N2[C@H](C)CC[C@@H]2C)c1C(=O)NS(=O)(=O)c1ccccn1. The Balaban J connectivity index is 1.84. The largest absolute Gasteiger partial charge is 0.496 e. The standard InChI is InChI=1S/C28H33FN4O5S/c1-17(2)16-38-22-13-20(12-21(29)14-22)23-15-24(37-5)26(27(31-23)33-18(3)9-10-19(33)4)28(34)32-39(35,36)25-8-6-7-11-30-25/h6-8,11-15,17-19H,9-10,16H2,1-5H3,(H,32,34)/t18-,19+. The molecule has 208 valence electrons. The highest BCUT2D eigenvalue weighted by Crippen LogP contribution is 2.39. The zero-order valence-electron chi connectivity index (χ0n) is 22.6. The number of halogens is 1. The fourth-order valence-corrected chi connectivity index (χ4v) is 5.53. The van der Waals surface area contributed by atoms with Crippen LogP contribution in [-0.2, 0) is 10.0 Å². The third-order valence-corrected chi connectivity index (χ3v) is 7.74. The maximum absolute atomic E-state index is 14.6. The summed E-state index contributed by atoms with van der Waals surface area (Å²) in [5, 5.41) is -0.292. The number of rotatable bonds is 9. The topological polar surface area (TPSA) is 111 Å². The van der Waals surface area contributed by atoms with E-state index in [1.807, 2.05) is 32.6 Å². The number of methoxy groups -OCH3 is 1. The lowest BCUT2D eigenvalue weighted by atomic mass is 10.1. The van der Waals surface area contributed by atoms with Crippen molar-refractivity contribution in [3.8, 4) is 22.8 Å². The Kier molecular flexibility index (Phi) is 8.39. The van der Waals surface area contributed by atoms with E-state index in [0.717, 1.165) is 12.8 Å². The monoisotopic (exact) mass is 556 g/mol. The number of hydrogen-bond acceptors (Lipinski definition) is 8. The summed E-state index contributed by atoms with van der Waals surface area (Å²) in [6, 6.07) is 10.2. The van der Waals surface area contributed by atoms with Crippen LogP contribution in [0.15, 0.2) is 53.7 Å². The molecule has 3 heterocycles. The van der Waals surface area contributed by atoms with Crippen molar-refractivity contribution in [1.29, 1.82) is 0 Å². The third kappa shape index (κ3) is 6.30. The summed E-state index contributed by atoms with van der Waals surface area (Å²) in [4.78, 5) is 24.2. The molecule has 1 aromatic carbocycles. The zero-order valence-corrected chi connectivity index (χ0v) is 23.5. The van der Waals surface area contributed by atoms with Crippen molar-refractivity contribution in [2.45, 2.75) is 57.6 Å². The summed E-state index contributed by atoms with van der Waals surface area (Å²) < 4.78 is 53.9. The van der Waals surface area contributed by atoms with Gasteiger partial charge in [0, 0.05) is 36.0 Å². The number of carbonyl (C=O) groups excluding carboxylic acids is 1. The number of benzene rings is 1. The summed E-state index contributed by atoms with van der Waals surface area (Å²) in [7, 11) is -2.88. The first kappa shape index (κ1) is 28.3. The Bertz CT molecular complexity index is 1440. The second-order valence-electron chi connectivity index (χ2n) is 10.1. The molecule has 1 fully saturated rings. The minimum Gasteiger partial charge on any atom is -0.496 e. The molecule has 0 unspecified atom stereocenters. The number of ether oxygens (including phenoxy) is 2. The van der Waals surface area contributed by atoms with E-state index in [-0.39, 0.29) is 40.2 Å². The van der Waals surface area contributed by atoms with Gasteiger partial charge in [-0.3, -0.25) is 4.79 Å². The molecule has 0 saturated carbocycles. The van der Waals surface area contributed by atoms with Crippen molar-refractivity contribution in [3.05, 3.63) is 60.0 Å². The first-order valence-corrected chi connectivity index (χ1v) is 14.3. The molecular formula is C28H33FN4O5S. The van der Waals surface area contributed by atoms with Crippen molar-refractivity contribution >= 4 is 21.7 Å². The van der Waals surface area contributed by atoms with Crippen LogP contribution in [0.3, 0.4) is 0 Å². The number of anilines is 1. The lowest BCUT2D eigenvalue weighted by molar-refractivity contribution is 0.0978. The van der Waals surface area contributed by atoms with Crippen LogP contribution in [0, 0.1) is 11.7 Å². The van der Waals surface area contributed by atoms with Crippen molar-refractivity contribution in [3.63, 3.8) is 0 Å². The molecule has 0 aliphatic carbocycles. The van der Waals surface area contributed by atoms with Gasteiger partial charge in [0.1, 0.15) is 28.7 Å². The van der Waals surface area contributed by atoms with Crippen LogP contribution in [0.2, 0.25) is 0 Å². The number of aromatic nitrogens is 2. The average Bonchev–Trinajstić information content (AvgIpc) is 3.23. The van der Waals surface area contributed by atoms with E-state index in [1.165, 1.54) is 43.6 Å². The van der Waals surface area contributed by atoms with Crippen molar-refractivity contribution in [2.75, 3.05) is 18.6 Å². The van der Waals surface area contributed by atoms with E-state index in [0.29, 0.717) is 23.6 Å². The van der Waals surface area contributed by atoms with Gasteiger partial charge in [-0.05, 0) is 56.9 Å². The van der Waals surface area contributed by atoms with E-state index in [4.69, 9.17) is 14.5 Å². The van der Waals surface area contributed by atoms with E-state index in [1.54, 1.807) is 12.1 Å². The first-order chi connectivity index (χ1) is 18.5. The zero-order chi connectivity index (χ0) is 28.3. The quantitative estimate of drug-likeness (QED) is 0.399. The van der Waals surface area contributed by atoms with E-state index in [2.05, 4.69) is 9.71 Å². The molecule has 1 aliphatic rings. The number of nitrogens with zero attached hydrogens (tertiary/aromatic N) is 3. The summed E-state index contributed by atoms with van der Waals surface area (Å²) in [6.07, 6.45) is 3.04. The highest BCUT2D eigenvalue weighted by Gasteiger charge is 2.35. The molecule has 39 heavy (non-hydrogen) atoms. The first-order valence-electron chi connectivity index (χ1n) is 12.8. The van der Waals surface area contributed by atoms with Gasteiger partial charge in [-0.15, -0.1) is 0 Å². The molecular weight excluding hydrogens is 523 g/mol. The molecule has 1 aliphatic heterocycles. The summed E-state index contributed by atoms with van der Waals surface area (Å²) in [5.41, 5.74) is 0.751. The smallest absolute Gasteiger partial charge is 0.281 e. The summed E-state index contributed by atoms with van der Waals surface area (Å²) >= 11 is 0. The Morgan fingerprint density at radius 3 is 2.49 bits per heavy atom. The Labute approximate surface area is 228 Å². The van der Waals surface area contributed by atoms with Gasteiger partial charge in [-0.1, -0.05) is 19.9 Å². The van der Waals surface area contributed by atoms with Crippen LogP contribution in [0.25, 0.3) is 11.3 Å². The molecule has 2 aromatic heterocycles. The number of carbonyl (C=O) groups is 1. The van der Waals surface area contributed by atoms with Crippen LogP contribution < -0.4 is 19.1 Å². The molecule has 4 rings (SSSR count). The number of sulfonamides is 1. The number of hydrogen-bond donors (Lipinski definition) is 1. The minimum absolute atomic E-state index is 0.0175. The fraction of sp³-hybridized carbons (Fsp3) is 0.393. The Morgan fingerprint density at radius 2 is 1.87 bits per heavy atom. The number of nitrogens with one attached hydrogen (secondary N) is 1. The fourth-order valence-electron chi connectivity index (χ4n) is 4.62. The van der Waals surface area contributed by atoms with Crippen LogP contribution in [0.5, 0.6) is 11.5 Å². The lowest BCUT2D eigenvalue weighted by Gasteiger charge is -2.30. The van der Waals surface area contributed by atoms with Crippen LogP contribution in [-0.4, -0.2) is 50.1 Å². The molecule has 11 heteroatoms. The van der Waals surface area contributed by atoms with Crippen molar-refractivity contribution in [2.24, 2.45) is 5.92 Å². The van der Waals surface area contributed by atoms with Gasteiger partial charge in [-0.25, -0.2) is 19.1 Å². The van der Waals surface area contributed by atoms with Crippen LogP contribution in [0.1, 0.15) is 50.9 Å². The molecule has 0 spiro atoms. The molecule has 0 bridgehead atoms. The van der Waals surface area contributed by atoms with Crippen molar-refractivity contribution in [1.82, 2.24) is 14.7 Å². The normalized spacial score (nSPS) is 17.4. The van der Waals surface area contributed by atoms with Gasteiger partial charge >= 0.3 is 0 Å². The third-order valence-electron chi connectivity index (χ3n) is 6.50. The second kappa shape index (κ2) is 11.6. The number of pyridine rings is 2. The average molecular weight is 557 g/mol. The Morgan fingerprint density at radius 1 is 1.15 bits per heavy atom. The molecule has 0 radical (unpaired) electrons. The van der Waals surface area contributed by atoms with Gasteiger partial charge in [0.25, 0.3) is 15.9 Å². The highest BCUT2D eigenvalue weighted by molar-refractivity contribution is 7.90. The second-order valence-corrected chi connectivity index (χ2v) is 11.7. The molecule has 3 aromatic rings. The predicted octanol–water partition coefficient (Wildman–Crippen LogP) is 4.82. The van der Waals surface area contributed by atoms with Crippen LogP contribution in [0.4, 0.5) is 10.2 Å². The minimum atomic E-state index is -4.27. The van der Waals surface area contributed by atoms with E-state index < -0.39 is 21.7 Å². The summed E-state index contributed by atoms with van der Waals surface area (Å²) in [5.74, 6) is -0.446. The maximum atomic E-state index is 14.6. The van der Waals surface area contributed by atoms with Gasteiger partial charge in [-0.2, -0.15) is 8.42 Å². The number of amides is 1. The van der Waals surface area contributed by atoms with Gasteiger partial charge in [0.05, 0.1) is 19.4 Å². The lowest BCUT2D eigenvalue weighted by Crippen LogP contribution is -2.37. The van der Waals surface area contributed by atoms with E-state index in [9.17, 15) is 17.6 Å².